The normalized spacial score (nSPS) is 34.7. The van der Waals surface area contributed by atoms with Crippen LogP contribution in [-0.2, 0) is 14.9 Å². The third-order valence-electron chi connectivity index (χ3n) is 7.06. The fourth-order valence-corrected chi connectivity index (χ4v) is 6.42. The topological polar surface area (TPSA) is 47.6 Å². The van der Waals surface area contributed by atoms with Crippen LogP contribution < -0.4 is 10.1 Å². The van der Waals surface area contributed by atoms with Gasteiger partial charge in [0.1, 0.15) is 5.75 Å². The summed E-state index contributed by atoms with van der Waals surface area (Å²) in [4.78, 5) is 13.2. The summed E-state index contributed by atoms with van der Waals surface area (Å²) < 4.78 is 10.4. The molecule has 0 unspecified atom stereocenters. The van der Waals surface area contributed by atoms with Crippen LogP contribution in [0.2, 0.25) is 0 Å². The minimum atomic E-state index is -0.156. The van der Waals surface area contributed by atoms with Crippen LogP contribution in [0.5, 0.6) is 5.75 Å². The van der Waals surface area contributed by atoms with E-state index in [9.17, 15) is 4.79 Å². The van der Waals surface area contributed by atoms with Crippen LogP contribution >= 0.6 is 0 Å². The van der Waals surface area contributed by atoms with Crippen molar-refractivity contribution in [2.75, 3.05) is 27.4 Å². The molecule has 4 saturated carbocycles. The average Bonchev–Trinajstić information content (AvgIpc) is 2.64. The van der Waals surface area contributed by atoms with E-state index in [0.717, 1.165) is 38.0 Å². The number of carbonyl (C=O) groups excluding carboxylic acids is 1. The van der Waals surface area contributed by atoms with Gasteiger partial charge in [0.05, 0.1) is 12.5 Å². The lowest BCUT2D eigenvalue weighted by Gasteiger charge is -2.61. The van der Waals surface area contributed by atoms with Crippen LogP contribution in [0.15, 0.2) is 24.3 Å². The van der Waals surface area contributed by atoms with E-state index in [1.165, 1.54) is 24.8 Å². The van der Waals surface area contributed by atoms with Gasteiger partial charge in [-0.1, -0.05) is 12.1 Å². The van der Waals surface area contributed by atoms with Gasteiger partial charge < -0.3 is 14.8 Å². The third kappa shape index (κ3) is 3.02. The molecule has 4 heteroatoms. The second-order valence-electron chi connectivity index (χ2n) is 8.85. The maximum atomic E-state index is 13.2. The lowest BCUT2D eigenvalue weighted by molar-refractivity contribution is -0.149. The van der Waals surface area contributed by atoms with Crippen molar-refractivity contribution >= 4 is 5.91 Å². The van der Waals surface area contributed by atoms with Gasteiger partial charge in [-0.05, 0) is 79.9 Å². The summed E-state index contributed by atoms with van der Waals surface area (Å²) in [7, 11) is 3.42. The zero-order valence-electron chi connectivity index (χ0n) is 16.1. The zero-order valence-corrected chi connectivity index (χ0v) is 16.1. The van der Waals surface area contributed by atoms with Crippen molar-refractivity contribution in [1.82, 2.24) is 5.32 Å². The summed E-state index contributed by atoms with van der Waals surface area (Å²) in [5.74, 6) is 2.59. The predicted molar refractivity (Wildman–Crippen MR) is 101 cm³/mol. The number of hydrogen-bond acceptors (Lipinski definition) is 3. The van der Waals surface area contributed by atoms with Crippen LogP contribution in [0.25, 0.3) is 0 Å². The molecule has 1 amide bonds. The van der Waals surface area contributed by atoms with Crippen molar-refractivity contribution in [3.8, 4) is 5.75 Å². The average molecular weight is 357 g/mol. The van der Waals surface area contributed by atoms with E-state index in [-0.39, 0.29) is 10.8 Å². The van der Waals surface area contributed by atoms with Gasteiger partial charge in [0.25, 0.3) is 0 Å². The Morgan fingerprint density at radius 2 is 1.81 bits per heavy atom. The van der Waals surface area contributed by atoms with E-state index in [4.69, 9.17) is 9.47 Å². The Morgan fingerprint density at radius 1 is 1.12 bits per heavy atom. The number of carbonyl (C=O) groups is 1. The van der Waals surface area contributed by atoms with Crippen molar-refractivity contribution in [2.45, 2.75) is 50.4 Å². The van der Waals surface area contributed by atoms with Crippen molar-refractivity contribution in [1.29, 1.82) is 0 Å². The SMILES string of the molecule is COCCCNC(=O)C12C[C@@H]3C[C@@H](C1)CC(c1ccc(OC)cc1)(C3)C2. The van der Waals surface area contributed by atoms with Crippen molar-refractivity contribution in [3.05, 3.63) is 29.8 Å². The Morgan fingerprint density at radius 3 is 2.42 bits per heavy atom. The second-order valence-corrected chi connectivity index (χ2v) is 8.85. The molecule has 0 spiro atoms. The Kier molecular flexibility index (Phi) is 4.72. The van der Waals surface area contributed by atoms with Gasteiger partial charge in [-0.15, -0.1) is 0 Å². The largest absolute Gasteiger partial charge is 0.497 e. The Labute approximate surface area is 156 Å². The molecule has 26 heavy (non-hydrogen) atoms. The number of ether oxygens (including phenoxy) is 2. The Hall–Kier alpha value is -1.55. The maximum absolute atomic E-state index is 13.2. The van der Waals surface area contributed by atoms with Crippen LogP contribution in [0, 0.1) is 17.3 Å². The molecule has 0 saturated heterocycles. The Balaban J connectivity index is 1.56. The van der Waals surface area contributed by atoms with Crippen molar-refractivity contribution in [3.63, 3.8) is 0 Å². The maximum Gasteiger partial charge on any atom is 0.226 e. The summed E-state index contributed by atoms with van der Waals surface area (Å²) in [6, 6.07) is 8.61. The number of amides is 1. The molecule has 142 valence electrons. The first kappa shape index (κ1) is 17.8. The quantitative estimate of drug-likeness (QED) is 0.757. The molecule has 2 atom stereocenters. The van der Waals surface area contributed by atoms with E-state index in [2.05, 4.69) is 29.6 Å². The highest BCUT2D eigenvalue weighted by molar-refractivity contribution is 5.83. The van der Waals surface area contributed by atoms with E-state index in [1.54, 1.807) is 14.2 Å². The molecule has 0 heterocycles. The Bertz CT molecular complexity index is 640. The lowest BCUT2D eigenvalue weighted by Crippen LogP contribution is -2.59. The fourth-order valence-electron chi connectivity index (χ4n) is 6.42. The first-order valence-corrected chi connectivity index (χ1v) is 10.0. The van der Waals surface area contributed by atoms with Gasteiger partial charge in [0, 0.05) is 20.3 Å². The summed E-state index contributed by atoms with van der Waals surface area (Å²) in [6.45, 7) is 1.42. The van der Waals surface area contributed by atoms with Gasteiger partial charge in [0.2, 0.25) is 5.91 Å². The lowest BCUT2D eigenvalue weighted by atomic mass is 9.42. The molecule has 0 radical (unpaired) electrons. The number of rotatable bonds is 7. The van der Waals surface area contributed by atoms with Crippen molar-refractivity contribution in [2.24, 2.45) is 17.3 Å². The smallest absolute Gasteiger partial charge is 0.226 e. The zero-order chi connectivity index (χ0) is 18.2. The van der Waals surface area contributed by atoms with E-state index in [0.29, 0.717) is 24.3 Å². The fraction of sp³-hybridized carbons (Fsp3) is 0.682. The van der Waals surface area contributed by atoms with Crippen LogP contribution in [0.4, 0.5) is 0 Å². The number of nitrogens with one attached hydrogen (secondary N) is 1. The highest BCUT2D eigenvalue weighted by Crippen LogP contribution is 2.65. The highest BCUT2D eigenvalue weighted by atomic mass is 16.5. The summed E-state index contributed by atoms with van der Waals surface area (Å²) in [5.41, 5.74) is 1.43. The third-order valence-corrected chi connectivity index (χ3v) is 7.06. The molecule has 4 nitrogen and oxygen atoms in total. The summed E-state index contributed by atoms with van der Waals surface area (Å²) in [5, 5.41) is 3.22. The first-order chi connectivity index (χ1) is 12.6. The van der Waals surface area contributed by atoms with E-state index in [1.807, 2.05) is 0 Å². The highest BCUT2D eigenvalue weighted by Gasteiger charge is 2.60. The molecule has 4 aliphatic rings. The molecule has 1 aromatic rings. The molecule has 1 N–H and O–H groups in total. The molecule has 5 rings (SSSR count). The van der Waals surface area contributed by atoms with Crippen LogP contribution in [0.1, 0.15) is 50.5 Å². The van der Waals surface area contributed by atoms with E-state index >= 15 is 0 Å². The van der Waals surface area contributed by atoms with Gasteiger partial charge in [-0.3, -0.25) is 4.79 Å². The monoisotopic (exact) mass is 357 g/mol. The predicted octanol–water partition coefficient (Wildman–Crippen LogP) is 3.69. The van der Waals surface area contributed by atoms with E-state index < -0.39 is 0 Å². The van der Waals surface area contributed by atoms with Gasteiger partial charge in [0.15, 0.2) is 0 Å². The molecule has 0 aromatic heterocycles. The van der Waals surface area contributed by atoms with Gasteiger partial charge in [-0.25, -0.2) is 0 Å². The number of hydrogen-bond donors (Lipinski definition) is 1. The van der Waals surface area contributed by atoms with Crippen molar-refractivity contribution < 1.29 is 14.3 Å². The second kappa shape index (κ2) is 6.88. The van der Waals surface area contributed by atoms with Crippen LogP contribution in [-0.4, -0.2) is 33.3 Å². The van der Waals surface area contributed by atoms with Crippen LogP contribution in [0.3, 0.4) is 0 Å². The molecule has 0 aliphatic heterocycles. The molecule has 4 aliphatic carbocycles. The minimum absolute atomic E-state index is 0.156. The minimum Gasteiger partial charge on any atom is -0.497 e. The first-order valence-electron chi connectivity index (χ1n) is 10.0. The van der Waals surface area contributed by atoms with Gasteiger partial charge in [-0.2, -0.15) is 0 Å². The molecule has 4 fully saturated rings. The molecular weight excluding hydrogens is 326 g/mol. The molecular formula is C22H31NO3. The molecule has 4 bridgehead atoms. The standard InChI is InChI=1S/C22H31NO3/c1-25-9-3-8-23-20(24)22-13-16-10-17(14-22)12-21(11-16,15-22)18-4-6-19(26-2)7-5-18/h4-7,16-17H,3,8-15H2,1-2H3,(H,23,24)/t16-,17-,21?,22?/m1/s1. The molecule has 1 aromatic carbocycles. The van der Waals surface area contributed by atoms with Gasteiger partial charge >= 0.3 is 0 Å². The number of benzene rings is 1. The summed E-state index contributed by atoms with van der Waals surface area (Å²) >= 11 is 0. The number of methoxy groups -OCH3 is 2. The summed E-state index contributed by atoms with van der Waals surface area (Å²) in [6.07, 6.45) is 7.86.